The molecule has 0 bridgehead atoms. The summed E-state index contributed by atoms with van der Waals surface area (Å²) in [7, 11) is 0. The van der Waals surface area contributed by atoms with Crippen molar-refractivity contribution in [3.63, 3.8) is 0 Å². The Balaban J connectivity index is 1.78. The van der Waals surface area contributed by atoms with Crippen LogP contribution in [0.2, 0.25) is 0 Å². The summed E-state index contributed by atoms with van der Waals surface area (Å²) in [6, 6.07) is 16.3. The number of rotatable bonds is 11. The third-order valence-corrected chi connectivity index (χ3v) is 4.79. The largest absolute Gasteiger partial charge is 0.491 e. The molecule has 0 aliphatic heterocycles. The van der Waals surface area contributed by atoms with Gasteiger partial charge in [-0.2, -0.15) is 0 Å². The average molecular weight is 467 g/mol. The normalized spacial score (nSPS) is 12.0. The van der Waals surface area contributed by atoms with Crippen molar-refractivity contribution in [2.24, 2.45) is 0 Å². The lowest BCUT2D eigenvalue weighted by Gasteiger charge is -2.28. The molecule has 8 heteroatoms. The first kappa shape index (κ1) is 21.8. The van der Waals surface area contributed by atoms with Crippen LogP contribution < -0.4 is 10.1 Å². The molecule has 1 aromatic heterocycles. The van der Waals surface area contributed by atoms with Gasteiger partial charge in [-0.05, 0) is 44.2 Å². The molecule has 0 radical (unpaired) electrons. The number of carbonyl (C=O) groups is 3. The summed E-state index contributed by atoms with van der Waals surface area (Å²) in [5.74, 6) is -1.50. The molecular weight excluding hydrogens is 436 g/mol. The number of hydrogen-bond acceptors (Lipinski definition) is 5. The maximum Gasteiger partial charge on any atom is 0.312 e. The van der Waals surface area contributed by atoms with Crippen LogP contribution in [0.5, 0.6) is 5.75 Å². The van der Waals surface area contributed by atoms with Crippen molar-refractivity contribution in [2.45, 2.75) is 32.8 Å². The van der Waals surface area contributed by atoms with E-state index in [0.717, 1.165) is 10.5 Å². The van der Waals surface area contributed by atoms with Crippen LogP contribution in [0, 0.1) is 0 Å². The monoisotopic (exact) mass is 466 g/mol. The van der Waals surface area contributed by atoms with E-state index in [2.05, 4.69) is 5.32 Å². The number of carboxylic acids is 1. The number of carbonyl (C=O) groups excluding carboxylic acids is 2. The van der Waals surface area contributed by atoms with E-state index in [1.807, 2.05) is 6.07 Å². The van der Waals surface area contributed by atoms with Crippen LogP contribution >= 0.6 is 0 Å². The summed E-state index contributed by atoms with van der Waals surface area (Å²) in [6.07, 6.45) is 0.917. The van der Waals surface area contributed by atoms with Gasteiger partial charge < -0.3 is 24.5 Å². The number of hydrogen-bond donors (Lipinski definition) is 2. The highest BCUT2D eigenvalue weighted by Crippen LogP contribution is 2.24. The zero-order chi connectivity index (χ0) is 26.3. The lowest BCUT2D eigenvalue weighted by atomic mass is 10.1. The molecule has 0 spiro atoms. The average Bonchev–Trinajstić information content (AvgIpc) is 3.36. The molecule has 0 aliphatic rings. The third kappa shape index (κ3) is 6.71. The van der Waals surface area contributed by atoms with Crippen molar-refractivity contribution in [3.8, 4) is 17.1 Å². The third-order valence-electron chi connectivity index (χ3n) is 4.79. The Morgan fingerprint density at radius 2 is 1.82 bits per heavy atom. The molecule has 0 aliphatic carbocycles. The van der Waals surface area contributed by atoms with E-state index in [9.17, 15) is 14.4 Å². The Bertz CT molecular complexity index is 1190. The molecule has 178 valence electrons. The van der Waals surface area contributed by atoms with Gasteiger partial charge in [0.25, 0.3) is 5.91 Å². The Morgan fingerprint density at radius 3 is 2.47 bits per heavy atom. The van der Waals surface area contributed by atoms with Crippen molar-refractivity contribution < 1.29 is 31.4 Å². The van der Waals surface area contributed by atoms with Gasteiger partial charge in [-0.3, -0.25) is 14.4 Å². The molecular formula is C26H28N2O6. The van der Waals surface area contributed by atoms with Crippen LogP contribution in [-0.2, 0) is 16.1 Å². The molecule has 1 heterocycles. The molecule has 3 aromatic rings. The lowest BCUT2D eigenvalue weighted by molar-refractivity contribution is -0.140. The number of aliphatic carboxylic acids is 1. The molecule has 0 unspecified atom stereocenters. The topological polar surface area (TPSA) is 109 Å². The molecule has 0 atom stereocenters. The molecule has 0 saturated heterocycles. The summed E-state index contributed by atoms with van der Waals surface area (Å²) in [6.45, 7) is 1.26. The van der Waals surface area contributed by atoms with Gasteiger partial charge in [0.2, 0.25) is 5.91 Å². The second kappa shape index (κ2) is 11.7. The van der Waals surface area contributed by atoms with E-state index in [-0.39, 0.29) is 24.5 Å². The van der Waals surface area contributed by atoms with Crippen LogP contribution in [0.4, 0.5) is 0 Å². The van der Waals surface area contributed by atoms with Gasteiger partial charge in [0.15, 0.2) is 0 Å². The van der Waals surface area contributed by atoms with Gasteiger partial charge in [-0.1, -0.05) is 30.3 Å². The minimum absolute atomic E-state index is 0.0116. The van der Waals surface area contributed by atoms with Gasteiger partial charge in [-0.15, -0.1) is 0 Å². The zero-order valence-corrected chi connectivity index (χ0v) is 19.0. The SMILES string of the molecule is [2H]C([2H])(c1ccccc1OCCNC(=O)CC(=O)O)N(C(=O)c1ccc(-c2ccco2)cc1)C(C)C. The molecule has 2 N–H and O–H groups in total. The fourth-order valence-corrected chi connectivity index (χ4v) is 3.14. The molecule has 3 rings (SSSR count). The highest BCUT2D eigenvalue weighted by Gasteiger charge is 2.21. The molecule has 34 heavy (non-hydrogen) atoms. The maximum atomic E-state index is 13.5. The summed E-state index contributed by atoms with van der Waals surface area (Å²) in [5, 5.41) is 11.1. The quantitative estimate of drug-likeness (QED) is 0.327. The van der Waals surface area contributed by atoms with Crippen molar-refractivity contribution >= 4 is 17.8 Å². The number of nitrogens with zero attached hydrogens (tertiary/aromatic N) is 1. The standard InChI is InChI=1S/C26H28N2O6/c1-18(2)28(26(32)20-11-9-19(10-12-20)22-8-5-14-33-22)17-21-6-3-4-7-23(21)34-15-13-27-24(29)16-25(30)31/h3-12,14,18H,13,15-17H2,1-2H3,(H,27,29)(H,30,31)/i17D2. The summed E-state index contributed by atoms with van der Waals surface area (Å²) in [5.41, 5.74) is 1.27. The first-order valence-electron chi connectivity index (χ1n) is 11.8. The van der Waals surface area contributed by atoms with Gasteiger partial charge in [0.1, 0.15) is 24.5 Å². The van der Waals surface area contributed by atoms with Gasteiger partial charge in [0, 0.05) is 29.2 Å². The molecule has 8 nitrogen and oxygen atoms in total. The van der Waals surface area contributed by atoms with E-state index >= 15 is 0 Å². The molecule has 0 fully saturated rings. The Labute approximate surface area is 201 Å². The second-order valence-electron chi connectivity index (χ2n) is 7.70. The fraction of sp³-hybridized carbons (Fsp3) is 0.269. The van der Waals surface area contributed by atoms with Crippen molar-refractivity contribution in [1.82, 2.24) is 10.2 Å². The highest BCUT2D eigenvalue weighted by molar-refractivity contribution is 5.95. The van der Waals surface area contributed by atoms with E-state index in [1.54, 1.807) is 74.7 Å². The second-order valence-corrected chi connectivity index (χ2v) is 7.70. The Kier molecular flexibility index (Phi) is 7.48. The Hall–Kier alpha value is -4.07. The smallest absolute Gasteiger partial charge is 0.312 e. The summed E-state index contributed by atoms with van der Waals surface area (Å²) in [4.78, 5) is 36.7. The van der Waals surface area contributed by atoms with E-state index in [4.69, 9.17) is 17.0 Å². The van der Waals surface area contributed by atoms with Crippen molar-refractivity contribution in [3.05, 3.63) is 78.1 Å². The first-order valence-corrected chi connectivity index (χ1v) is 10.8. The Morgan fingerprint density at radius 1 is 1.09 bits per heavy atom. The zero-order valence-electron chi connectivity index (χ0n) is 21.0. The maximum absolute atomic E-state index is 13.5. The minimum Gasteiger partial charge on any atom is -0.491 e. The number of para-hydroxylation sites is 1. The number of nitrogens with one attached hydrogen (secondary N) is 1. The summed E-state index contributed by atoms with van der Waals surface area (Å²) >= 11 is 0. The van der Waals surface area contributed by atoms with E-state index in [1.165, 1.54) is 0 Å². The predicted octanol–water partition coefficient (Wildman–Crippen LogP) is 3.97. The van der Waals surface area contributed by atoms with Crippen molar-refractivity contribution in [2.75, 3.05) is 13.2 Å². The fourth-order valence-electron chi connectivity index (χ4n) is 3.14. The molecule has 2 amide bonds. The van der Waals surface area contributed by atoms with Gasteiger partial charge >= 0.3 is 5.97 Å². The molecule has 2 aromatic carbocycles. The van der Waals surface area contributed by atoms with Gasteiger partial charge in [0.05, 0.1) is 15.5 Å². The van der Waals surface area contributed by atoms with Crippen LogP contribution in [-0.4, -0.2) is 47.0 Å². The minimum atomic E-state index is -2.23. The number of amides is 2. The van der Waals surface area contributed by atoms with Crippen molar-refractivity contribution in [1.29, 1.82) is 0 Å². The van der Waals surface area contributed by atoms with E-state index in [0.29, 0.717) is 11.3 Å². The predicted molar refractivity (Wildman–Crippen MR) is 126 cm³/mol. The van der Waals surface area contributed by atoms with Crippen LogP contribution in [0.3, 0.4) is 0 Å². The van der Waals surface area contributed by atoms with Crippen LogP contribution in [0.15, 0.2) is 71.3 Å². The number of ether oxygens (including phenoxy) is 1. The lowest BCUT2D eigenvalue weighted by Crippen LogP contribution is -2.36. The molecule has 0 saturated carbocycles. The van der Waals surface area contributed by atoms with Crippen LogP contribution in [0.25, 0.3) is 11.3 Å². The van der Waals surface area contributed by atoms with E-state index < -0.39 is 36.7 Å². The number of benzene rings is 2. The number of carboxylic acid groups (broad SMARTS) is 1. The number of furan rings is 1. The van der Waals surface area contributed by atoms with Gasteiger partial charge in [-0.25, -0.2) is 0 Å². The van der Waals surface area contributed by atoms with Crippen LogP contribution in [0.1, 0.15) is 38.9 Å². The summed E-state index contributed by atoms with van der Waals surface area (Å²) < 4.78 is 28.9. The first-order chi connectivity index (χ1) is 17.1. The highest BCUT2D eigenvalue weighted by atomic mass is 16.5.